The second-order valence-electron chi connectivity index (χ2n) is 5.03. The van der Waals surface area contributed by atoms with Gasteiger partial charge >= 0.3 is 0 Å². The van der Waals surface area contributed by atoms with E-state index in [2.05, 4.69) is 30.3 Å². The predicted molar refractivity (Wildman–Crippen MR) is 86.0 cm³/mol. The van der Waals surface area contributed by atoms with E-state index < -0.39 is 0 Å². The largest absolute Gasteiger partial charge is 0.492 e. The Labute approximate surface area is 131 Å². The van der Waals surface area contributed by atoms with Crippen molar-refractivity contribution in [3.63, 3.8) is 0 Å². The molecule has 0 saturated carbocycles. The molecule has 0 atom stereocenters. The fourth-order valence-electron chi connectivity index (χ4n) is 2.16. The zero-order chi connectivity index (χ0) is 15.2. The summed E-state index contributed by atoms with van der Waals surface area (Å²) >= 11 is 6.30. The zero-order valence-electron chi connectivity index (χ0n) is 12.8. The molecule has 4 nitrogen and oxygen atoms in total. The normalized spacial score (nSPS) is 10.9. The van der Waals surface area contributed by atoms with Gasteiger partial charge in [0.1, 0.15) is 12.4 Å². The van der Waals surface area contributed by atoms with E-state index >= 15 is 0 Å². The molecule has 5 heteroatoms. The first kappa shape index (κ1) is 15.9. The van der Waals surface area contributed by atoms with E-state index in [1.807, 2.05) is 29.9 Å². The number of hydrogen-bond donors (Lipinski definition) is 1. The number of benzene rings is 1. The fraction of sp³-hybridized carbons (Fsp3) is 0.438. The summed E-state index contributed by atoms with van der Waals surface area (Å²) in [7, 11) is 1.92. The van der Waals surface area contributed by atoms with Gasteiger partial charge in [-0.1, -0.05) is 30.7 Å². The lowest BCUT2D eigenvalue weighted by molar-refractivity contribution is 0.313. The molecule has 114 valence electrons. The van der Waals surface area contributed by atoms with E-state index in [4.69, 9.17) is 16.3 Å². The van der Waals surface area contributed by atoms with E-state index in [-0.39, 0.29) is 0 Å². The number of aromatic nitrogens is 2. The van der Waals surface area contributed by atoms with Crippen molar-refractivity contribution in [3.05, 3.63) is 46.2 Å². The van der Waals surface area contributed by atoms with Gasteiger partial charge in [0.15, 0.2) is 0 Å². The first-order chi connectivity index (χ1) is 10.1. The first-order valence-corrected chi connectivity index (χ1v) is 7.60. The Morgan fingerprint density at radius 3 is 2.86 bits per heavy atom. The highest BCUT2D eigenvalue weighted by Gasteiger charge is 2.11. The minimum absolute atomic E-state index is 0.625. The molecule has 0 aliphatic rings. The number of halogens is 1. The molecule has 21 heavy (non-hydrogen) atoms. The van der Waals surface area contributed by atoms with Gasteiger partial charge in [-0.05, 0) is 31.0 Å². The Morgan fingerprint density at radius 1 is 1.38 bits per heavy atom. The van der Waals surface area contributed by atoms with Crippen molar-refractivity contribution < 1.29 is 4.74 Å². The van der Waals surface area contributed by atoms with Crippen LogP contribution in [0.15, 0.2) is 24.3 Å². The molecule has 2 aromatic rings. The topological polar surface area (TPSA) is 39.1 Å². The van der Waals surface area contributed by atoms with Crippen molar-refractivity contribution in [2.75, 3.05) is 13.2 Å². The third-order valence-electron chi connectivity index (χ3n) is 3.33. The molecule has 0 bridgehead atoms. The average Bonchev–Trinajstić information content (AvgIpc) is 2.74. The lowest BCUT2D eigenvalue weighted by Gasteiger charge is -2.08. The van der Waals surface area contributed by atoms with Gasteiger partial charge in [0.25, 0.3) is 0 Å². The van der Waals surface area contributed by atoms with Crippen molar-refractivity contribution in [3.8, 4) is 5.75 Å². The molecule has 0 unspecified atom stereocenters. The van der Waals surface area contributed by atoms with Crippen LogP contribution in [0.4, 0.5) is 0 Å². The molecule has 1 aromatic carbocycles. The highest BCUT2D eigenvalue weighted by molar-refractivity contribution is 6.31. The summed E-state index contributed by atoms with van der Waals surface area (Å²) in [6, 6.07) is 8.06. The second-order valence-corrected chi connectivity index (χ2v) is 5.40. The van der Waals surface area contributed by atoms with Gasteiger partial charge in [-0.2, -0.15) is 5.10 Å². The van der Waals surface area contributed by atoms with Gasteiger partial charge in [-0.15, -0.1) is 0 Å². The first-order valence-electron chi connectivity index (χ1n) is 7.22. The predicted octanol–water partition coefficient (Wildman–Crippen LogP) is 3.11. The number of nitrogens with zero attached hydrogens (tertiary/aromatic N) is 2. The molecular weight excluding hydrogens is 286 g/mol. The van der Waals surface area contributed by atoms with Crippen LogP contribution in [0.5, 0.6) is 5.75 Å². The van der Waals surface area contributed by atoms with E-state index in [0.717, 1.165) is 35.1 Å². The summed E-state index contributed by atoms with van der Waals surface area (Å²) in [4.78, 5) is 0. The molecule has 0 saturated heterocycles. The van der Waals surface area contributed by atoms with Crippen LogP contribution in [0, 0.1) is 6.92 Å². The summed E-state index contributed by atoms with van der Waals surface area (Å²) in [5, 5.41) is 8.50. The highest BCUT2D eigenvalue weighted by atomic mass is 35.5. The van der Waals surface area contributed by atoms with E-state index in [9.17, 15) is 0 Å². The van der Waals surface area contributed by atoms with Gasteiger partial charge in [-0.3, -0.25) is 4.68 Å². The minimum atomic E-state index is 0.625. The van der Waals surface area contributed by atoms with E-state index in [1.54, 1.807) is 0 Å². The van der Waals surface area contributed by atoms with Crippen molar-refractivity contribution >= 4 is 11.6 Å². The lowest BCUT2D eigenvalue weighted by atomic mass is 10.2. The van der Waals surface area contributed by atoms with Gasteiger partial charge < -0.3 is 10.1 Å². The maximum Gasteiger partial charge on any atom is 0.119 e. The fourth-order valence-corrected chi connectivity index (χ4v) is 2.53. The maximum absolute atomic E-state index is 6.30. The number of hydrogen-bond acceptors (Lipinski definition) is 3. The summed E-state index contributed by atoms with van der Waals surface area (Å²) < 4.78 is 7.54. The van der Waals surface area contributed by atoms with Crippen LogP contribution >= 0.6 is 11.6 Å². The van der Waals surface area contributed by atoms with Gasteiger partial charge in [-0.25, -0.2) is 0 Å². The number of aryl methyl sites for hydroxylation is 3. The standard InChI is InChI=1S/C16H22ClN3O/c1-4-14-16(17)15(20(3)19-14)11-18-8-9-21-13-7-5-6-12(2)10-13/h5-7,10,18H,4,8-9,11H2,1-3H3. The Kier molecular flexibility index (Phi) is 5.65. The van der Waals surface area contributed by atoms with Crippen LogP contribution in [0.25, 0.3) is 0 Å². The van der Waals surface area contributed by atoms with Crippen LogP contribution in [-0.4, -0.2) is 22.9 Å². The molecule has 1 N–H and O–H groups in total. The molecular formula is C16H22ClN3O. The minimum Gasteiger partial charge on any atom is -0.492 e. The summed E-state index contributed by atoms with van der Waals surface area (Å²) in [6.45, 7) is 6.19. The van der Waals surface area contributed by atoms with Crippen molar-refractivity contribution in [2.45, 2.75) is 26.8 Å². The van der Waals surface area contributed by atoms with Crippen LogP contribution in [0.1, 0.15) is 23.9 Å². The van der Waals surface area contributed by atoms with E-state index in [1.165, 1.54) is 5.56 Å². The van der Waals surface area contributed by atoms with Crippen LogP contribution in [0.3, 0.4) is 0 Å². The third-order valence-corrected chi connectivity index (χ3v) is 3.77. The summed E-state index contributed by atoms with van der Waals surface area (Å²) in [5.74, 6) is 0.906. The van der Waals surface area contributed by atoms with Gasteiger partial charge in [0.2, 0.25) is 0 Å². The molecule has 1 aromatic heterocycles. The SMILES string of the molecule is CCc1nn(C)c(CNCCOc2cccc(C)c2)c1Cl. The Morgan fingerprint density at radius 2 is 2.19 bits per heavy atom. The lowest BCUT2D eigenvalue weighted by Crippen LogP contribution is -2.22. The average molecular weight is 308 g/mol. The molecule has 1 heterocycles. The molecule has 0 radical (unpaired) electrons. The molecule has 2 rings (SSSR count). The van der Waals surface area contributed by atoms with Gasteiger partial charge in [0.05, 0.1) is 16.4 Å². The van der Waals surface area contributed by atoms with Crippen molar-refractivity contribution in [1.29, 1.82) is 0 Å². The quantitative estimate of drug-likeness (QED) is 0.799. The molecule has 0 amide bonds. The Hall–Kier alpha value is -1.52. The molecule has 0 aliphatic carbocycles. The smallest absolute Gasteiger partial charge is 0.119 e. The summed E-state index contributed by atoms with van der Waals surface area (Å²) in [6.07, 6.45) is 0.850. The van der Waals surface area contributed by atoms with Crippen LogP contribution in [-0.2, 0) is 20.0 Å². The highest BCUT2D eigenvalue weighted by Crippen LogP contribution is 2.20. The van der Waals surface area contributed by atoms with Crippen molar-refractivity contribution in [1.82, 2.24) is 15.1 Å². The monoisotopic (exact) mass is 307 g/mol. The number of rotatable bonds is 7. The summed E-state index contributed by atoms with van der Waals surface area (Å²) in [5.41, 5.74) is 3.17. The number of nitrogens with one attached hydrogen (secondary N) is 1. The van der Waals surface area contributed by atoms with Crippen LogP contribution in [0.2, 0.25) is 5.02 Å². The second kappa shape index (κ2) is 7.48. The van der Waals surface area contributed by atoms with Gasteiger partial charge in [0, 0.05) is 20.1 Å². The van der Waals surface area contributed by atoms with E-state index in [0.29, 0.717) is 13.2 Å². The number of ether oxygens (including phenoxy) is 1. The Bertz CT molecular complexity index is 595. The zero-order valence-corrected chi connectivity index (χ0v) is 13.6. The van der Waals surface area contributed by atoms with Crippen molar-refractivity contribution in [2.24, 2.45) is 7.05 Å². The molecule has 0 aliphatic heterocycles. The third kappa shape index (κ3) is 4.22. The van der Waals surface area contributed by atoms with Crippen LogP contribution < -0.4 is 10.1 Å². The molecule has 0 spiro atoms. The molecule has 0 fully saturated rings. The maximum atomic E-state index is 6.30. The Balaban J connectivity index is 1.76.